The van der Waals surface area contributed by atoms with E-state index in [0.29, 0.717) is 28.0 Å². The number of nitrogens with one attached hydrogen (secondary N) is 2. The van der Waals surface area contributed by atoms with Gasteiger partial charge in [-0.2, -0.15) is 4.98 Å². The first-order valence-electron chi connectivity index (χ1n) is 9.97. The summed E-state index contributed by atoms with van der Waals surface area (Å²) in [7, 11) is 1.89. The van der Waals surface area contributed by atoms with Gasteiger partial charge in [0.1, 0.15) is 17.6 Å². The lowest BCUT2D eigenvalue weighted by atomic mass is 10.2. The predicted octanol–water partition coefficient (Wildman–Crippen LogP) is 5.24. The molecule has 0 bridgehead atoms. The number of nitrogens with zero attached hydrogens (tertiary/aromatic N) is 5. The highest BCUT2D eigenvalue weighted by Gasteiger charge is 2.12. The number of aromatic nitrogens is 5. The summed E-state index contributed by atoms with van der Waals surface area (Å²) in [6, 6.07) is 13.9. The third kappa shape index (κ3) is 4.35. The molecule has 33 heavy (non-hydrogen) atoms. The number of urea groups is 1. The highest BCUT2D eigenvalue weighted by atomic mass is 35.5. The van der Waals surface area contributed by atoms with Crippen LogP contribution >= 0.6 is 11.6 Å². The van der Waals surface area contributed by atoms with Crippen LogP contribution in [0, 0.1) is 0 Å². The normalized spacial score (nSPS) is 10.8. The standard InChI is InChI=1S/C23H18ClN7O2/c1-30-9-7-20-21(30)22(27-13-26-20)33-17-5-6-19(18(24)12-17)29-23(32)28-15-3-2-4-16(11-15)31-10-8-25-14-31/h2-14H,1H3,(H2,28,29,32). The minimum Gasteiger partial charge on any atom is -0.437 e. The highest BCUT2D eigenvalue weighted by Crippen LogP contribution is 2.31. The zero-order valence-electron chi connectivity index (χ0n) is 17.4. The number of anilines is 2. The lowest BCUT2D eigenvalue weighted by Crippen LogP contribution is -2.19. The molecule has 0 saturated heterocycles. The van der Waals surface area contributed by atoms with E-state index < -0.39 is 6.03 Å². The number of ether oxygens (including phenoxy) is 1. The summed E-state index contributed by atoms with van der Waals surface area (Å²) < 4.78 is 9.65. The monoisotopic (exact) mass is 459 g/mol. The summed E-state index contributed by atoms with van der Waals surface area (Å²) >= 11 is 6.39. The molecule has 0 atom stereocenters. The van der Waals surface area contributed by atoms with E-state index in [9.17, 15) is 4.79 Å². The Balaban J connectivity index is 1.28. The fourth-order valence-corrected chi connectivity index (χ4v) is 3.59. The van der Waals surface area contributed by atoms with Crippen molar-refractivity contribution in [3.8, 4) is 17.3 Å². The van der Waals surface area contributed by atoms with Crippen molar-refractivity contribution < 1.29 is 9.53 Å². The van der Waals surface area contributed by atoms with Crippen LogP contribution in [-0.4, -0.2) is 30.1 Å². The zero-order valence-corrected chi connectivity index (χ0v) is 18.2. The maximum absolute atomic E-state index is 12.5. The van der Waals surface area contributed by atoms with Gasteiger partial charge in [0.05, 0.1) is 22.6 Å². The van der Waals surface area contributed by atoms with Gasteiger partial charge in [0, 0.05) is 43.1 Å². The van der Waals surface area contributed by atoms with E-state index in [-0.39, 0.29) is 0 Å². The number of rotatable bonds is 5. The van der Waals surface area contributed by atoms with E-state index in [1.54, 1.807) is 36.8 Å². The number of carbonyl (C=O) groups is 1. The van der Waals surface area contributed by atoms with Gasteiger partial charge in [-0.05, 0) is 36.4 Å². The number of benzene rings is 2. The van der Waals surface area contributed by atoms with Gasteiger partial charge in [0.25, 0.3) is 0 Å². The highest BCUT2D eigenvalue weighted by molar-refractivity contribution is 6.34. The van der Waals surface area contributed by atoms with Gasteiger partial charge < -0.3 is 24.5 Å². The topological polar surface area (TPSA) is 98.9 Å². The smallest absolute Gasteiger partial charge is 0.323 e. The Kier molecular flexibility index (Phi) is 5.37. The lowest BCUT2D eigenvalue weighted by molar-refractivity contribution is 0.262. The molecule has 0 saturated carbocycles. The molecule has 0 aliphatic rings. The molecule has 2 N–H and O–H groups in total. The molecule has 0 unspecified atom stereocenters. The summed E-state index contributed by atoms with van der Waals surface area (Å²) in [5.41, 5.74) is 3.50. The number of imidazole rings is 1. The van der Waals surface area contributed by atoms with Gasteiger partial charge in [-0.15, -0.1) is 0 Å². The first kappa shape index (κ1) is 20.5. The van der Waals surface area contributed by atoms with Crippen molar-refractivity contribution in [1.29, 1.82) is 0 Å². The molecule has 164 valence electrons. The van der Waals surface area contributed by atoms with Crippen LogP contribution in [0.5, 0.6) is 11.6 Å². The predicted molar refractivity (Wildman–Crippen MR) is 126 cm³/mol. The Bertz CT molecular complexity index is 1450. The van der Waals surface area contributed by atoms with Gasteiger partial charge in [0.2, 0.25) is 5.88 Å². The molecule has 3 aromatic heterocycles. The number of aryl methyl sites for hydroxylation is 1. The lowest BCUT2D eigenvalue weighted by Gasteiger charge is -2.12. The second kappa shape index (κ2) is 8.64. The van der Waals surface area contributed by atoms with E-state index >= 15 is 0 Å². The molecule has 9 nitrogen and oxygen atoms in total. The third-order valence-corrected chi connectivity index (χ3v) is 5.25. The molecule has 5 rings (SSSR count). The molecule has 3 heterocycles. The summed E-state index contributed by atoms with van der Waals surface area (Å²) in [6.45, 7) is 0. The number of carbonyl (C=O) groups excluding carboxylic acids is 1. The van der Waals surface area contributed by atoms with Crippen molar-refractivity contribution in [1.82, 2.24) is 24.1 Å². The van der Waals surface area contributed by atoms with Crippen molar-refractivity contribution >= 4 is 40.0 Å². The number of hydrogen-bond donors (Lipinski definition) is 2. The SMILES string of the molecule is Cn1ccc2ncnc(Oc3ccc(NC(=O)Nc4cccc(-n5ccnc5)c4)c(Cl)c3)c21. The Morgan fingerprint density at radius 1 is 1.06 bits per heavy atom. The van der Waals surface area contributed by atoms with E-state index in [0.717, 1.165) is 16.7 Å². The Morgan fingerprint density at radius 3 is 2.79 bits per heavy atom. The van der Waals surface area contributed by atoms with Gasteiger partial charge in [-0.3, -0.25) is 0 Å². The Labute approximate surface area is 193 Å². The minimum atomic E-state index is -0.422. The third-order valence-electron chi connectivity index (χ3n) is 4.94. The second-order valence-electron chi connectivity index (χ2n) is 7.18. The molecular weight excluding hydrogens is 442 g/mol. The maximum Gasteiger partial charge on any atom is 0.323 e. The average Bonchev–Trinajstić information content (AvgIpc) is 3.47. The summed E-state index contributed by atoms with van der Waals surface area (Å²) in [6.07, 6.45) is 8.53. The first-order valence-corrected chi connectivity index (χ1v) is 10.3. The fourth-order valence-electron chi connectivity index (χ4n) is 3.37. The van der Waals surface area contributed by atoms with Crippen LogP contribution in [0.1, 0.15) is 0 Å². The van der Waals surface area contributed by atoms with Crippen LogP contribution in [0.25, 0.3) is 16.7 Å². The van der Waals surface area contributed by atoms with Crippen molar-refractivity contribution in [3.05, 3.63) is 84.8 Å². The average molecular weight is 460 g/mol. The largest absolute Gasteiger partial charge is 0.437 e. The van der Waals surface area contributed by atoms with Crippen LogP contribution in [-0.2, 0) is 7.05 Å². The quantitative estimate of drug-likeness (QED) is 0.374. The fraction of sp³-hybridized carbons (Fsp3) is 0.0435. The van der Waals surface area contributed by atoms with Crippen molar-refractivity contribution in [2.24, 2.45) is 7.05 Å². The summed E-state index contributed by atoms with van der Waals surface area (Å²) in [5.74, 6) is 0.903. The van der Waals surface area contributed by atoms with Crippen molar-refractivity contribution in [2.45, 2.75) is 0 Å². The molecule has 0 fully saturated rings. The zero-order chi connectivity index (χ0) is 22.8. The van der Waals surface area contributed by atoms with E-state index in [4.69, 9.17) is 16.3 Å². The van der Waals surface area contributed by atoms with Gasteiger partial charge in [0.15, 0.2) is 0 Å². The van der Waals surface area contributed by atoms with Crippen LogP contribution < -0.4 is 15.4 Å². The molecule has 0 radical (unpaired) electrons. The summed E-state index contributed by atoms with van der Waals surface area (Å²) in [5, 5.41) is 5.88. The van der Waals surface area contributed by atoms with Crippen LogP contribution in [0.4, 0.5) is 16.2 Å². The molecule has 0 aliphatic carbocycles. The Hall–Kier alpha value is -4.37. The van der Waals surface area contributed by atoms with Gasteiger partial charge >= 0.3 is 6.03 Å². The van der Waals surface area contributed by atoms with Gasteiger partial charge in [-0.1, -0.05) is 17.7 Å². The van der Waals surface area contributed by atoms with Crippen LogP contribution in [0.15, 0.2) is 79.8 Å². The number of halogens is 1. The van der Waals surface area contributed by atoms with Gasteiger partial charge in [-0.25, -0.2) is 14.8 Å². The number of hydrogen-bond acceptors (Lipinski definition) is 5. The molecule has 5 aromatic rings. The van der Waals surface area contributed by atoms with Crippen LogP contribution in [0.2, 0.25) is 5.02 Å². The molecule has 2 aromatic carbocycles. The van der Waals surface area contributed by atoms with E-state index in [1.165, 1.54) is 6.33 Å². The molecular formula is C23H18ClN7O2. The molecule has 2 amide bonds. The number of fused-ring (bicyclic) bond motifs is 1. The van der Waals surface area contributed by atoms with Crippen molar-refractivity contribution in [3.63, 3.8) is 0 Å². The summed E-state index contributed by atoms with van der Waals surface area (Å²) in [4.78, 5) is 25.0. The molecule has 10 heteroatoms. The second-order valence-corrected chi connectivity index (χ2v) is 7.59. The van der Waals surface area contributed by atoms with Crippen LogP contribution in [0.3, 0.4) is 0 Å². The minimum absolute atomic E-state index is 0.326. The van der Waals surface area contributed by atoms with E-state index in [2.05, 4.69) is 25.6 Å². The Morgan fingerprint density at radius 2 is 1.97 bits per heavy atom. The maximum atomic E-state index is 12.5. The molecule has 0 aliphatic heterocycles. The molecule has 0 spiro atoms. The van der Waals surface area contributed by atoms with Crippen molar-refractivity contribution in [2.75, 3.05) is 10.6 Å². The van der Waals surface area contributed by atoms with E-state index in [1.807, 2.05) is 52.8 Å². The first-order chi connectivity index (χ1) is 16.1. The number of amides is 2.